The first-order valence-corrected chi connectivity index (χ1v) is 33.3. The number of ether oxygens (including phenoxy) is 10. The predicted molar refractivity (Wildman–Crippen MR) is 322 cm³/mol. The van der Waals surface area contributed by atoms with Crippen molar-refractivity contribution >= 4 is 18.2 Å². The lowest BCUT2D eigenvalue weighted by atomic mass is 10.0. The molecule has 0 fully saturated rings. The van der Waals surface area contributed by atoms with E-state index in [1.165, 1.54) is 122 Å². The summed E-state index contributed by atoms with van der Waals surface area (Å²) >= 11 is 0. The summed E-state index contributed by atoms with van der Waals surface area (Å²) < 4.78 is 57.8. The molecule has 79 heavy (non-hydrogen) atoms. The number of carbonyl (C=O) groups excluding carboxylic acids is 3. The lowest BCUT2D eigenvalue weighted by Crippen LogP contribution is -2.45. The molecule has 0 saturated heterocycles. The molecule has 0 heterocycles. The largest absolute Gasteiger partial charge is 0.508 e. The number of carbonyl (C=O) groups is 3. The van der Waals surface area contributed by atoms with Crippen LogP contribution in [-0.4, -0.2) is 140 Å². The second-order valence-electron chi connectivity index (χ2n) is 21.9. The number of rotatable bonds is 64. The minimum absolute atomic E-state index is 0.0626. The van der Waals surface area contributed by atoms with Gasteiger partial charge in [-0.1, -0.05) is 182 Å². The molecule has 0 aliphatic heterocycles. The zero-order valence-corrected chi connectivity index (χ0v) is 52.5. The molecular formula is C65H127NO13. The van der Waals surface area contributed by atoms with Gasteiger partial charge in [0.05, 0.1) is 66.1 Å². The Morgan fingerprint density at radius 3 is 1.09 bits per heavy atom. The molecule has 1 amide bonds. The van der Waals surface area contributed by atoms with Crippen molar-refractivity contribution in [3.05, 3.63) is 0 Å². The number of hydrogen-bond donors (Lipinski definition) is 0. The van der Waals surface area contributed by atoms with Crippen LogP contribution in [0.15, 0.2) is 0 Å². The molecule has 0 saturated carbocycles. The number of hydrogen-bond acceptors (Lipinski definition) is 13. The van der Waals surface area contributed by atoms with Crippen molar-refractivity contribution in [2.45, 2.75) is 304 Å². The van der Waals surface area contributed by atoms with E-state index in [0.29, 0.717) is 92.4 Å². The highest BCUT2D eigenvalue weighted by molar-refractivity contribution is 5.81. The van der Waals surface area contributed by atoms with Crippen LogP contribution in [0.1, 0.15) is 286 Å². The van der Waals surface area contributed by atoms with E-state index in [-0.39, 0.29) is 24.7 Å². The maximum Gasteiger partial charge on any atom is 0.508 e. The highest BCUT2D eigenvalue weighted by atomic mass is 16.7. The molecule has 0 aromatic heterocycles. The van der Waals surface area contributed by atoms with Gasteiger partial charge in [-0.05, 0) is 103 Å². The summed E-state index contributed by atoms with van der Waals surface area (Å²) in [6.45, 7) is 20.1. The fourth-order valence-electron chi connectivity index (χ4n) is 9.50. The molecule has 0 aliphatic rings. The molecule has 0 rings (SSSR count). The highest BCUT2D eigenvalue weighted by Gasteiger charge is 2.26. The van der Waals surface area contributed by atoms with Crippen LogP contribution in [-0.2, 0) is 52.2 Å². The van der Waals surface area contributed by atoms with Gasteiger partial charge in [0.15, 0.2) is 6.10 Å². The van der Waals surface area contributed by atoms with Crippen molar-refractivity contribution in [1.29, 1.82) is 0 Å². The lowest BCUT2D eigenvalue weighted by Gasteiger charge is -2.28. The molecule has 0 aromatic carbocycles. The molecule has 0 aromatic rings. The monoisotopic (exact) mass is 1130 g/mol. The van der Waals surface area contributed by atoms with E-state index >= 15 is 0 Å². The van der Waals surface area contributed by atoms with Gasteiger partial charge in [-0.2, -0.15) is 0 Å². The summed E-state index contributed by atoms with van der Waals surface area (Å²) in [4.78, 5) is 41.6. The Balaban J connectivity index is 5.27. The normalized spacial score (nSPS) is 12.6. The molecule has 470 valence electrons. The minimum Gasteiger partial charge on any atom is -0.434 e. The Morgan fingerprint density at radius 2 is 0.658 bits per heavy atom. The van der Waals surface area contributed by atoms with E-state index < -0.39 is 18.4 Å². The summed E-state index contributed by atoms with van der Waals surface area (Å²) in [6.07, 6.45) is 39.1. The Morgan fingerprint density at radius 1 is 0.316 bits per heavy atom. The number of amides is 1. The van der Waals surface area contributed by atoms with E-state index in [1.54, 1.807) is 0 Å². The molecule has 0 N–H and O–H groups in total. The van der Waals surface area contributed by atoms with E-state index in [0.717, 1.165) is 122 Å². The summed E-state index contributed by atoms with van der Waals surface area (Å²) in [5.41, 5.74) is 0. The molecule has 14 nitrogen and oxygen atoms in total. The van der Waals surface area contributed by atoms with Crippen molar-refractivity contribution in [3.63, 3.8) is 0 Å². The summed E-state index contributed by atoms with van der Waals surface area (Å²) in [7, 11) is 0. The maximum absolute atomic E-state index is 14.3. The molecule has 0 radical (unpaired) electrons. The third-order valence-corrected chi connectivity index (χ3v) is 14.5. The van der Waals surface area contributed by atoms with Gasteiger partial charge in [-0.25, -0.2) is 9.59 Å². The topological polar surface area (TPSA) is 147 Å². The Kier molecular flexibility index (Phi) is 61.6. The third-order valence-electron chi connectivity index (χ3n) is 14.5. The average Bonchev–Trinajstić information content (AvgIpc) is 3.44. The van der Waals surface area contributed by atoms with Crippen molar-refractivity contribution in [2.75, 3.05) is 99.0 Å². The van der Waals surface area contributed by atoms with Gasteiger partial charge in [0.2, 0.25) is 0 Å². The smallest absolute Gasteiger partial charge is 0.434 e. The minimum atomic E-state index is -0.730. The van der Waals surface area contributed by atoms with Gasteiger partial charge in [0.1, 0.15) is 12.2 Å². The van der Waals surface area contributed by atoms with E-state index in [2.05, 4.69) is 34.6 Å². The van der Waals surface area contributed by atoms with E-state index in [9.17, 15) is 14.4 Å². The van der Waals surface area contributed by atoms with Crippen molar-refractivity contribution in [3.8, 4) is 0 Å². The molecule has 0 spiro atoms. The van der Waals surface area contributed by atoms with Crippen LogP contribution < -0.4 is 0 Å². The van der Waals surface area contributed by atoms with Crippen molar-refractivity contribution < 1.29 is 61.8 Å². The summed E-state index contributed by atoms with van der Waals surface area (Å²) in [6, 6.07) is 0. The number of unbranched alkanes of at least 4 members (excludes halogenated alkanes) is 27. The van der Waals surface area contributed by atoms with E-state index in [1.807, 2.05) is 11.8 Å². The number of nitrogens with zero attached hydrogens (tertiary/aromatic N) is 1. The van der Waals surface area contributed by atoms with Gasteiger partial charge in [0, 0.05) is 32.9 Å². The van der Waals surface area contributed by atoms with Gasteiger partial charge in [0.25, 0.3) is 5.91 Å². The second kappa shape index (κ2) is 63.4. The Bertz CT molecular complexity index is 1260. The molecular weight excluding hydrogens is 1000 g/mol. The Hall–Kier alpha value is -2.23. The third kappa shape index (κ3) is 54.8. The van der Waals surface area contributed by atoms with Crippen LogP contribution in [0.3, 0.4) is 0 Å². The zero-order valence-electron chi connectivity index (χ0n) is 52.5. The lowest BCUT2D eigenvalue weighted by molar-refractivity contribution is -0.149. The van der Waals surface area contributed by atoms with Crippen molar-refractivity contribution in [1.82, 2.24) is 4.90 Å². The maximum atomic E-state index is 14.3. The summed E-state index contributed by atoms with van der Waals surface area (Å²) in [5.74, 6) is -0.0658. The standard InChI is InChI=1S/C65H127NO13/c1-7-13-18-23-26-35-44-60(42-33-21-16-10-4)78-64(68)76-50-40-30-29-38-48-74-59-62(63(67)66(46-37-28-25-20-15-9-3)47-52-71-55-56-73-58-57-72-54-53-70-12-6)75-49-39-31-32-41-51-77-65(69)79-61(43-34-22-17-11-5)45-36-27-24-19-14-8-2/h60-62H,7-59H2,1-6H3. The second-order valence-corrected chi connectivity index (χ2v) is 21.9. The first kappa shape index (κ1) is 76.8. The van der Waals surface area contributed by atoms with E-state index in [4.69, 9.17) is 47.4 Å². The van der Waals surface area contributed by atoms with Crippen LogP contribution in [0.4, 0.5) is 9.59 Å². The van der Waals surface area contributed by atoms with Crippen LogP contribution in [0.5, 0.6) is 0 Å². The molecule has 0 bridgehead atoms. The molecule has 3 atom stereocenters. The van der Waals surface area contributed by atoms with Gasteiger partial charge >= 0.3 is 12.3 Å². The predicted octanol–water partition coefficient (Wildman–Crippen LogP) is 17.3. The SMILES string of the molecule is CCCCCCCCC(CCCCCC)OC(=O)OCCCCCCOCC(OCCCCCCOC(=O)OC(CCCCCC)CCCCCCCC)C(=O)N(CCCCCCCC)CCOCCOCCOCCOCC. The van der Waals surface area contributed by atoms with Crippen molar-refractivity contribution in [2.24, 2.45) is 0 Å². The Labute approximate surface area is 485 Å². The summed E-state index contributed by atoms with van der Waals surface area (Å²) in [5, 5.41) is 0. The van der Waals surface area contributed by atoms with Crippen LogP contribution in [0.25, 0.3) is 0 Å². The molecule has 3 unspecified atom stereocenters. The quantitative estimate of drug-likeness (QED) is 0.0421. The van der Waals surface area contributed by atoms with Crippen LogP contribution in [0, 0.1) is 0 Å². The fraction of sp³-hybridized carbons (Fsp3) is 0.954. The molecule has 0 aliphatic carbocycles. The molecule has 14 heteroatoms. The first-order chi connectivity index (χ1) is 38.9. The van der Waals surface area contributed by atoms with Crippen LogP contribution in [0.2, 0.25) is 0 Å². The van der Waals surface area contributed by atoms with Gasteiger partial charge < -0.3 is 52.3 Å². The first-order valence-electron chi connectivity index (χ1n) is 33.3. The van der Waals surface area contributed by atoms with Gasteiger partial charge in [-0.15, -0.1) is 0 Å². The zero-order chi connectivity index (χ0) is 57.6. The van der Waals surface area contributed by atoms with Gasteiger partial charge in [-0.3, -0.25) is 4.79 Å². The fourth-order valence-corrected chi connectivity index (χ4v) is 9.50. The average molecular weight is 1130 g/mol. The van der Waals surface area contributed by atoms with Crippen LogP contribution >= 0.6 is 0 Å². The highest BCUT2D eigenvalue weighted by Crippen LogP contribution is 2.19.